The predicted molar refractivity (Wildman–Crippen MR) is 153 cm³/mol. The average Bonchev–Trinajstić information content (AvgIpc) is 3.03. The molecule has 1 aliphatic carbocycles. The van der Waals surface area contributed by atoms with Crippen molar-refractivity contribution in [3.63, 3.8) is 0 Å². The molecule has 1 unspecified atom stereocenters. The van der Waals surface area contributed by atoms with Gasteiger partial charge < -0.3 is 9.47 Å². The molecule has 1 N–H and O–H groups in total. The lowest BCUT2D eigenvalue weighted by atomic mass is 9.69. The van der Waals surface area contributed by atoms with Crippen LogP contribution < -0.4 is 14.2 Å². The minimum atomic E-state index is -3.38. The van der Waals surface area contributed by atoms with Crippen LogP contribution in [0.25, 0.3) is 0 Å². The van der Waals surface area contributed by atoms with Crippen molar-refractivity contribution in [3.8, 4) is 11.5 Å². The van der Waals surface area contributed by atoms with Crippen LogP contribution in [0.3, 0.4) is 0 Å². The van der Waals surface area contributed by atoms with E-state index in [1.807, 2.05) is 24.3 Å². The molecule has 0 aromatic heterocycles. The van der Waals surface area contributed by atoms with Crippen molar-refractivity contribution in [2.75, 3.05) is 24.7 Å². The van der Waals surface area contributed by atoms with Crippen molar-refractivity contribution >= 4 is 15.7 Å². The van der Waals surface area contributed by atoms with E-state index in [1.165, 1.54) is 34.1 Å². The summed E-state index contributed by atoms with van der Waals surface area (Å²) in [7, 11) is -1.71. The molecule has 4 aromatic rings. The first kappa shape index (κ1) is 25.9. The number of rotatable bonds is 8. The fourth-order valence-electron chi connectivity index (χ4n) is 5.49. The van der Waals surface area contributed by atoms with Gasteiger partial charge in [0.1, 0.15) is 11.5 Å². The van der Waals surface area contributed by atoms with E-state index in [0.29, 0.717) is 12.3 Å². The third-order valence-corrected chi connectivity index (χ3v) is 8.00. The summed E-state index contributed by atoms with van der Waals surface area (Å²) in [6.45, 7) is 2.82. The summed E-state index contributed by atoms with van der Waals surface area (Å²) in [6.07, 6.45) is 3.81. The van der Waals surface area contributed by atoms with E-state index >= 15 is 0 Å². The van der Waals surface area contributed by atoms with E-state index in [0.717, 1.165) is 36.3 Å². The summed E-state index contributed by atoms with van der Waals surface area (Å²) in [5, 5.41) is 0. The van der Waals surface area contributed by atoms with Crippen LogP contribution in [-0.2, 0) is 34.7 Å². The number of hydrogen-bond donors (Lipinski definition) is 1. The Morgan fingerprint density at radius 3 is 2.29 bits per heavy atom. The van der Waals surface area contributed by atoms with Gasteiger partial charge in [-0.15, -0.1) is 0 Å². The molecule has 0 heterocycles. The number of ether oxygens (including phenoxy) is 2. The average molecular weight is 528 g/mol. The number of hydrogen-bond acceptors (Lipinski definition) is 4. The SMILES string of the molecule is COc1ccc(CCOc2ccc3c(c2)CCc2ccccc2C3(C)c2cccc(NS(C)(=O)=O)c2)cc1. The summed E-state index contributed by atoms with van der Waals surface area (Å²) >= 11 is 0. The molecule has 0 saturated carbocycles. The highest BCUT2D eigenvalue weighted by atomic mass is 32.2. The second-order valence-corrected chi connectivity index (χ2v) is 11.8. The molecule has 0 fully saturated rings. The highest BCUT2D eigenvalue weighted by Gasteiger charge is 2.37. The molecule has 0 aliphatic heterocycles. The van der Waals surface area contributed by atoms with Gasteiger partial charge >= 0.3 is 0 Å². The minimum absolute atomic E-state index is 0.459. The predicted octanol–water partition coefficient (Wildman–Crippen LogP) is 6.14. The van der Waals surface area contributed by atoms with Gasteiger partial charge in [-0.1, -0.05) is 54.6 Å². The molecule has 1 aliphatic rings. The molecule has 5 nitrogen and oxygen atoms in total. The first-order chi connectivity index (χ1) is 18.3. The number of nitrogens with one attached hydrogen (secondary N) is 1. The van der Waals surface area contributed by atoms with Crippen molar-refractivity contribution < 1.29 is 17.9 Å². The third kappa shape index (κ3) is 5.41. The summed E-state index contributed by atoms with van der Waals surface area (Å²) in [5.74, 6) is 1.71. The van der Waals surface area contributed by atoms with Crippen molar-refractivity contribution in [3.05, 3.63) is 124 Å². The van der Waals surface area contributed by atoms with Crippen molar-refractivity contribution in [1.29, 1.82) is 0 Å². The van der Waals surface area contributed by atoms with Crippen LogP contribution >= 0.6 is 0 Å². The van der Waals surface area contributed by atoms with Crippen LogP contribution in [0.1, 0.15) is 40.3 Å². The Balaban J connectivity index is 1.48. The van der Waals surface area contributed by atoms with Gasteiger partial charge in [0.15, 0.2) is 0 Å². The second kappa shape index (κ2) is 10.5. The molecule has 196 valence electrons. The lowest BCUT2D eigenvalue weighted by molar-refractivity contribution is 0.321. The molecule has 4 aromatic carbocycles. The third-order valence-electron chi connectivity index (χ3n) is 7.40. The maximum Gasteiger partial charge on any atom is 0.229 e. The number of benzene rings is 4. The van der Waals surface area contributed by atoms with Gasteiger partial charge in [-0.3, -0.25) is 4.72 Å². The quantitative estimate of drug-likeness (QED) is 0.299. The van der Waals surface area contributed by atoms with E-state index in [1.54, 1.807) is 13.2 Å². The van der Waals surface area contributed by atoms with Crippen LogP contribution in [0.2, 0.25) is 0 Å². The molecule has 1 atom stereocenters. The van der Waals surface area contributed by atoms with Gasteiger partial charge in [0.2, 0.25) is 10.0 Å². The Labute approximate surface area is 225 Å². The number of sulfonamides is 1. The Kier molecular flexibility index (Phi) is 7.17. The zero-order valence-corrected chi connectivity index (χ0v) is 22.8. The van der Waals surface area contributed by atoms with Gasteiger partial charge in [0, 0.05) is 17.5 Å². The number of methoxy groups -OCH3 is 1. The molecule has 0 spiro atoms. The van der Waals surface area contributed by atoms with Crippen molar-refractivity contribution in [2.45, 2.75) is 31.6 Å². The van der Waals surface area contributed by atoms with Crippen LogP contribution in [0.15, 0.2) is 91.0 Å². The highest BCUT2D eigenvalue weighted by molar-refractivity contribution is 7.92. The van der Waals surface area contributed by atoms with Crippen LogP contribution in [0, 0.1) is 0 Å². The monoisotopic (exact) mass is 527 g/mol. The van der Waals surface area contributed by atoms with Crippen molar-refractivity contribution in [1.82, 2.24) is 0 Å². The smallest absolute Gasteiger partial charge is 0.229 e. The topological polar surface area (TPSA) is 64.6 Å². The first-order valence-electron chi connectivity index (χ1n) is 12.8. The standard InChI is InChI=1S/C32H33NO4S/c1-32(26-8-6-9-27(22-26)33-38(3,34)35)30-10-5-4-7-24(30)13-14-25-21-29(17-18-31(25)32)37-20-19-23-11-15-28(36-2)16-12-23/h4-12,15-18,21-22,33H,13-14,19-20H2,1-3H3. The molecule has 5 rings (SSSR count). The lowest BCUT2D eigenvalue weighted by Gasteiger charge is -2.34. The summed E-state index contributed by atoms with van der Waals surface area (Å²) < 4.78 is 37.9. The highest BCUT2D eigenvalue weighted by Crippen LogP contribution is 2.45. The van der Waals surface area contributed by atoms with Crippen molar-refractivity contribution in [2.24, 2.45) is 0 Å². The molecule has 0 saturated heterocycles. The van der Waals surface area contributed by atoms with Crippen LogP contribution in [-0.4, -0.2) is 28.4 Å². The van der Waals surface area contributed by atoms with Gasteiger partial charge in [0.25, 0.3) is 0 Å². The molecule has 0 bridgehead atoms. The normalized spacial score (nSPS) is 16.6. The van der Waals surface area contributed by atoms with Crippen LogP contribution in [0.4, 0.5) is 5.69 Å². The Morgan fingerprint density at radius 1 is 0.816 bits per heavy atom. The number of fused-ring (bicyclic) bond motifs is 2. The fraction of sp³-hybridized carbons (Fsp3) is 0.250. The maximum atomic E-state index is 11.9. The fourth-order valence-corrected chi connectivity index (χ4v) is 6.05. The van der Waals surface area contributed by atoms with Gasteiger partial charge in [-0.25, -0.2) is 8.42 Å². The van der Waals surface area contributed by atoms with E-state index in [-0.39, 0.29) is 0 Å². The zero-order chi connectivity index (χ0) is 26.8. The number of anilines is 1. The Morgan fingerprint density at radius 2 is 1.53 bits per heavy atom. The number of aryl methyl sites for hydroxylation is 2. The first-order valence-corrected chi connectivity index (χ1v) is 14.7. The molecule has 0 amide bonds. The zero-order valence-electron chi connectivity index (χ0n) is 22.0. The van der Waals surface area contributed by atoms with Crippen LogP contribution in [0.5, 0.6) is 11.5 Å². The van der Waals surface area contributed by atoms with E-state index in [9.17, 15) is 8.42 Å². The van der Waals surface area contributed by atoms with Gasteiger partial charge in [0.05, 0.1) is 20.0 Å². The molecular formula is C32H33NO4S. The maximum absolute atomic E-state index is 11.9. The molecule has 6 heteroatoms. The molecule has 38 heavy (non-hydrogen) atoms. The Hall–Kier alpha value is -3.77. The van der Waals surface area contributed by atoms with Gasteiger partial charge in [-0.2, -0.15) is 0 Å². The second-order valence-electron chi connectivity index (χ2n) is 10.0. The largest absolute Gasteiger partial charge is 0.497 e. The van der Waals surface area contributed by atoms with Gasteiger partial charge in [-0.05, 0) is 89.5 Å². The van der Waals surface area contributed by atoms with E-state index < -0.39 is 15.4 Å². The summed E-state index contributed by atoms with van der Waals surface area (Å²) in [4.78, 5) is 0. The molecular weight excluding hydrogens is 494 g/mol. The molecule has 0 radical (unpaired) electrons. The van der Waals surface area contributed by atoms with E-state index in [4.69, 9.17) is 9.47 Å². The summed E-state index contributed by atoms with van der Waals surface area (Å²) in [5.41, 5.74) is 7.33. The lowest BCUT2D eigenvalue weighted by Crippen LogP contribution is -2.27. The minimum Gasteiger partial charge on any atom is -0.497 e. The Bertz CT molecular complexity index is 1550. The summed E-state index contributed by atoms with van der Waals surface area (Å²) in [6, 6.07) is 30.8. The van der Waals surface area contributed by atoms with E-state index in [2.05, 4.69) is 72.3 Å².